The van der Waals surface area contributed by atoms with E-state index in [4.69, 9.17) is 13.6 Å². The number of carbonyl (C=O) groups excluding carboxylic acids is 1. The van der Waals surface area contributed by atoms with E-state index in [2.05, 4.69) is 67.7 Å². The maximum absolute atomic E-state index is 11.3. The van der Waals surface area contributed by atoms with Crippen LogP contribution in [0.3, 0.4) is 0 Å². The number of rotatable bonds is 10. The molecule has 6 heteroatoms. The summed E-state index contributed by atoms with van der Waals surface area (Å²) in [5.74, 6) is 0. The van der Waals surface area contributed by atoms with Crippen molar-refractivity contribution < 1.29 is 18.4 Å². The summed E-state index contributed by atoms with van der Waals surface area (Å²) in [6.07, 6.45) is 7.05. The molecule has 1 rings (SSSR count). The Morgan fingerprint density at radius 2 is 1.52 bits per heavy atom. The minimum atomic E-state index is -1.90. The summed E-state index contributed by atoms with van der Waals surface area (Å²) in [6, 6.07) is 0. The van der Waals surface area contributed by atoms with Crippen LogP contribution < -0.4 is 0 Å². The van der Waals surface area contributed by atoms with E-state index in [0.717, 1.165) is 38.6 Å². The van der Waals surface area contributed by atoms with Gasteiger partial charge in [0, 0.05) is 13.0 Å². The van der Waals surface area contributed by atoms with Gasteiger partial charge >= 0.3 is 0 Å². The molecule has 0 unspecified atom stereocenters. The van der Waals surface area contributed by atoms with Crippen LogP contribution in [0.5, 0.6) is 0 Å². The van der Waals surface area contributed by atoms with Gasteiger partial charge < -0.3 is 18.4 Å². The Morgan fingerprint density at radius 1 is 0.966 bits per heavy atom. The van der Waals surface area contributed by atoms with Gasteiger partial charge in [0.25, 0.3) is 0 Å². The van der Waals surface area contributed by atoms with E-state index in [9.17, 15) is 4.79 Å². The summed E-state index contributed by atoms with van der Waals surface area (Å²) < 4.78 is 19.3. The molecule has 0 bridgehead atoms. The van der Waals surface area contributed by atoms with Crippen LogP contribution in [0, 0.1) is 0 Å². The molecule has 3 atom stereocenters. The van der Waals surface area contributed by atoms with Gasteiger partial charge in [0.05, 0.1) is 18.3 Å². The van der Waals surface area contributed by atoms with Crippen molar-refractivity contribution in [2.75, 3.05) is 6.61 Å². The topological polar surface area (TPSA) is 44.8 Å². The Morgan fingerprint density at radius 3 is 2.03 bits per heavy atom. The Balaban J connectivity index is 2.58. The molecule has 0 radical (unpaired) electrons. The minimum Gasteiger partial charge on any atom is -0.417 e. The lowest BCUT2D eigenvalue weighted by atomic mass is 9.98. The van der Waals surface area contributed by atoms with Crippen LogP contribution in [0.1, 0.15) is 80.1 Å². The average molecular weight is 445 g/mol. The second kappa shape index (κ2) is 10.5. The van der Waals surface area contributed by atoms with Crippen molar-refractivity contribution in [2.24, 2.45) is 0 Å². The highest BCUT2D eigenvalue weighted by Gasteiger charge is 2.40. The first kappa shape index (κ1) is 27.0. The van der Waals surface area contributed by atoms with Gasteiger partial charge in [0.15, 0.2) is 16.6 Å². The van der Waals surface area contributed by atoms with Crippen molar-refractivity contribution in [3.63, 3.8) is 0 Å². The second-order valence-corrected chi connectivity index (χ2v) is 21.4. The van der Waals surface area contributed by atoms with Gasteiger partial charge in [-0.15, -0.1) is 0 Å². The fourth-order valence-electron chi connectivity index (χ4n) is 3.22. The molecule has 29 heavy (non-hydrogen) atoms. The number of aldehydes is 1. The molecule has 1 heterocycles. The van der Waals surface area contributed by atoms with Gasteiger partial charge in [-0.3, -0.25) is 0 Å². The van der Waals surface area contributed by atoms with Crippen molar-refractivity contribution in [3.8, 4) is 0 Å². The molecule has 0 spiro atoms. The summed E-state index contributed by atoms with van der Waals surface area (Å²) in [5.41, 5.74) is 0. The Hall–Kier alpha value is -0.0162. The van der Waals surface area contributed by atoms with Gasteiger partial charge in [-0.25, -0.2) is 0 Å². The molecule has 0 aliphatic carbocycles. The normalized spacial score (nSPS) is 23.1. The van der Waals surface area contributed by atoms with E-state index in [0.29, 0.717) is 6.42 Å². The fraction of sp³-hybridized carbons (Fsp3) is 0.957. The summed E-state index contributed by atoms with van der Waals surface area (Å²) in [5, 5.41) is 0.386. The lowest BCUT2D eigenvalue weighted by Crippen LogP contribution is -2.45. The lowest BCUT2D eigenvalue weighted by molar-refractivity contribution is -0.110. The molecule has 172 valence electrons. The zero-order valence-corrected chi connectivity index (χ0v) is 22.9. The highest BCUT2D eigenvalue weighted by molar-refractivity contribution is 6.74. The SMILES string of the molecule is CC(C)(C)[Si](C)(C)OCC[C@H]1CCC[C@@H](C[C@H](CC=O)O[Si](C)(C)C(C)(C)C)O1. The van der Waals surface area contributed by atoms with E-state index >= 15 is 0 Å². The molecule has 0 aromatic carbocycles. The molecule has 1 saturated heterocycles. The molecule has 0 N–H and O–H groups in total. The molecule has 0 aromatic rings. The third kappa shape index (κ3) is 8.56. The Kier molecular flexibility index (Phi) is 9.81. The summed E-state index contributed by atoms with van der Waals surface area (Å²) in [4.78, 5) is 11.3. The van der Waals surface area contributed by atoms with E-state index in [1.165, 1.54) is 6.42 Å². The first-order chi connectivity index (χ1) is 13.1. The highest BCUT2D eigenvalue weighted by Crippen LogP contribution is 2.39. The first-order valence-electron chi connectivity index (χ1n) is 11.5. The molecule has 1 aliphatic heterocycles. The van der Waals surface area contributed by atoms with Crippen molar-refractivity contribution in [3.05, 3.63) is 0 Å². The van der Waals surface area contributed by atoms with E-state index < -0.39 is 16.6 Å². The largest absolute Gasteiger partial charge is 0.417 e. The number of ether oxygens (including phenoxy) is 1. The van der Waals surface area contributed by atoms with E-state index in [1.807, 2.05) is 0 Å². The third-order valence-corrected chi connectivity index (χ3v) is 16.4. The monoisotopic (exact) mass is 444 g/mol. The summed E-state index contributed by atoms with van der Waals surface area (Å²) in [7, 11) is -3.59. The average Bonchev–Trinajstić information content (AvgIpc) is 2.52. The van der Waals surface area contributed by atoms with Crippen LogP contribution in [0.15, 0.2) is 0 Å². The van der Waals surface area contributed by atoms with Crippen molar-refractivity contribution in [1.82, 2.24) is 0 Å². The van der Waals surface area contributed by atoms with Gasteiger partial charge in [0.1, 0.15) is 6.29 Å². The van der Waals surface area contributed by atoms with Gasteiger partial charge in [-0.1, -0.05) is 41.5 Å². The summed E-state index contributed by atoms with van der Waals surface area (Å²) in [6.45, 7) is 23.5. The number of hydrogen-bond acceptors (Lipinski definition) is 4. The van der Waals surface area contributed by atoms with Crippen LogP contribution in [0.2, 0.25) is 36.3 Å². The minimum absolute atomic E-state index is 0.0272. The van der Waals surface area contributed by atoms with Crippen LogP contribution in [-0.4, -0.2) is 47.8 Å². The Labute approximate surface area is 182 Å². The van der Waals surface area contributed by atoms with Crippen LogP contribution >= 0.6 is 0 Å². The smallest absolute Gasteiger partial charge is 0.192 e. The molecule has 1 fully saturated rings. The Bertz CT molecular complexity index is 506. The maximum Gasteiger partial charge on any atom is 0.192 e. The van der Waals surface area contributed by atoms with Gasteiger partial charge in [-0.2, -0.15) is 0 Å². The summed E-state index contributed by atoms with van der Waals surface area (Å²) >= 11 is 0. The first-order valence-corrected chi connectivity index (χ1v) is 17.3. The lowest BCUT2D eigenvalue weighted by Gasteiger charge is -2.40. The predicted octanol–water partition coefficient (Wildman–Crippen LogP) is 6.71. The number of hydrogen-bond donors (Lipinski definition) is 0. The molecule has 0 saturated carbocycles. The quantitative estimate of drug-likeness (QED) is 0.277. The highest BCUT2D eigenvalue weighted by atomic mass is 28.4. The molecule has 4 nitrogen and oxygen atoms in total. The number of carbonyl (C=O) groups is 1. The molecule has 0 aromatic heterocycles. The molecule has 1 aliphatic rings. The van der Waals surface area contributed by atoms with Gasteiger partial charge in [0.2, 0.25) is 0 Å². The van der Waals surface area contributed by atoms with Crippen molar-refractivity contribution >= 4 is 22.9 Å². The van der Waals surface area contributed by atoms with Crippen LogP contribution in [0.4, 0.5) is 0 Å². The zero-order chi connectivity index (χ0) is 22.5. The van der Waals surface area contributed by atoms with E-state index in [-0.39, 0.29) is 28.4 Å². The predicted molar refractivity (Wildman–Crippen MR) is 128 cm³/mol. The molecular weight excluding hydrogens is 396 g/mol. The zero-order valence-electron chi connectivity index (χ0n) is 20.9. The fourth-order valence-corrected chi connectivity index (χ4v) is 5.66. The van der Waals surface area contributed by atoms with E-state index in [1.54, 1.807) is 0 Å². The van der Waals surface area contributed by atoms with Gasteiger partial charge in [-0.05, 0) is 68.4 Å². The molecular formula is C23H48O4Si2. The van der Waals surface area contributed by atoms with Crippen molar-refractivity contribution in [1.29, 1.82) is 0 Å². The standard InChI is InChI=1S/C23H48O4Si2/c1-22(2,3)28(7,8)25-17-15-19-12-11-13-20(26-19)18-21(14-16-24)27-29(9,10)23(4,5)6/h16,19-21H,11-15,17-18H2,1-10H3/t19-,20+,21+/m1/s1. The van der Waals surface area contributed by atoms with Crippen LogP contribution in [0.25, 0.3) is 0 Å². The maximum atomic E-state index is 11.3. The third-order valence-electron chi connectivity index (χ3n) is 7.30. The second-order valence-electron chi connectivity index (χ2n) is 11.8. The van der Waals surface area contributed by atoms with Crippen molar-refractivity contribution in [2.45, 2.75) is 135 Å². The van der Waals surface area contributed by atoms with Crippen LogP contribution in [-0.2, 0) is 18.4 Å². The molecule has 0 amide bonds.